The number of allylic oxidation sites excluding steroid dienone is 17. The number of nitrogens with one attached hydrogen (secondary N) is 1. The highest BCUT2D eigenvalue weighted by molar-refractivity contribution is 7.45. The van der Waals surface area contributed by atoms with E-state index >= 15 is 0 Å². The molecule has 1 amide bonds. The zero-order chi connectivity index (χ0) is 39.3. The van der Waals surface area contributed by atoms with Crippen molar-refractivity contribution >= 4 is 13.7 Å². The topological polar surface area (TPSA) is 108 Å². The van der Waals surface area contributed by atoms with Gasteiger partial charge in [-0.15, -0.1) is 0 Å². The summed E-state index contributed by atoms with van der Waals surface area (Å²) in [6.07, 6.45) is 50.1. The minimum Gasteiger partial charge on any atom is -0.756 e. The first kappa shape index (κ1) is 50.2. The molecule has 0 bridgehead atoms. The van der Waals surface area contributed by atoms with Gasteiger partial charge in [0, 0.05) is 6.42 Å². The Labute approximate surface area is 323 Å². The molecule has 300 valence electrons. The molecule has 0 saturated heterocycles. The number of hydrogen-bond acceptors (Lipinski definition) is 6. The molecule has 0 rings (SSSR count). The van der Waals surface area contributed by atoms with E-state index in [-0.39, 0.29) is 18.9 Å². The smallest absolute Gasteiger partial charge is 0.268 e. The van der Waals surface area contributed by atoms with E-state index in [9.17, 15) is 19.4 Å². The molecule has 53 heavy (non-hydrogen) atoms. The second-order valence-corrected chi connectivity index (χ2v) is 15.3. The Morgan fingerprint density at radius 1 is 0.660 bits per heavy atom. The molecule has 0 saturated carbocycles. The van der Waals surface area contributed by atoms with E-state index in [0.717, 1.165) is 77.0 Å². The predicted octanol–water partition coefficient (Wildman–Crippen LogP) is 9.94. The Hall–Kier alpha value is -2.84. The van der Waals surface area contributed by atoms with E-state index in [0.29, 0.717) is 23.9 Å². The molecule has 3 unspecified atom stereocenters. The lowest BCUT2D eigenvalue weighted by Crippen LogP contribution is -2.45. The first-order valence-corrected chi connectivity index (χ1v) is 21.2. The Morgan fingerprint density at radius 3 is 1.60 bits per heavy atom. The fourth-order valence-electron chi connectivity index (χ4n) is 4.60. The van der Waals surface area contributed by atoms with E-state index < -0.39 is 26.6 Å². The fraction of sp³-hybridized carbons (Fsp3) is 0.568. The second-order valence-electron chi connectivity index (χ2n) is 13.8. The number of carbonyl (C=O) groups is 1. The molecule has 9 heteroatoms. The number of hydrogen-bond donors (Lipinski definition) is 2. The third-order valence-electron chi connectivity index (χ3n) is 7.71. The number of phosphoric ester groups is 1. The number of quaternary nitrogens is 1. The van der Waals surface area contributed by atoms with Gasteiger partial charge in [0.1, 0.15) is 13.2 Å². The molecule has 0 aromatic heterocycles. The molecular weight excluding hydrogens is 683 g/mol. The van der Waals surface area contributed by atoms with Crippen molar-refractivity contribution in [1.29, 1.82) is 0 Å². The van der Waals surface area contributed by atoms with Gasteiger partial charge in [0.15, 0.2) is 0 Å². The monoisotopic (exact) mass is 757 g/mol. The van der Waals surface area contributed by atoms with Gasteiger partial charge in [-0.1, -0.05) is 123 Å². The number of aliphatic hydroxyl groups is 1. The molecule has 0 aromatic carbocycles. The van der Waals surface area contributed by atoms with Gasteiger partial charge in [0.05, 0.1) is 39.9 Å². The summed E-state index contributed by atoms with van der Waals surface area (Å²) in [5.41, 5.74) is 0. The minimum atomic E-state index is -4.61. The average molecular weight is 757 g/mol. The number of rotatable bonds is 33. The van der Waals surface area contributed by atoms with Crippen LogP contribution in [0.5, 0.6) is 0 Å². The van der Waals surface area contributed by atoms with E-state index in [1.807, 2.05) is 27.2 Å². The lowest BCUT2D eigenvalue weighted by Gasteiger charge is -2.29. The number of unbranched alkanes of at least 4 members (excludes halogenated alkanes) is 4. The maximum absolute atomic E-state index is 12.8. The van der Waals surface area contributed by atoms with Gasteiger partial charge in [-0.25, -0.2) is 0 Å². The summed E-state index contributed by atoms with van der Waals surface area (Å²) in [7, 11) is 1.18. The molecule has 0 fully saturated rings. The molecule has 0 aliphatic carbocycles. The Morgan fingerprint density at radius 2 is 1.09 bits per heavy atom. The first-order valence-electron chi connectivity index (χ1n) is 19.7. The van der Waals surface area contributed by atoms with Crippen molar-refractivity contribution in [3.05, 3.63) is 109 Å². The van der Waals surface area contributed by atoms with Crippen LogP contribution in [-0.2, 0) is 18.4 Å². The molecule has 0 heterocycles. The highest BCUT2D eigenvalue weighted by atomic mass is 31.2. The van der Waals surface area contributed by atoms with Crippen LogP contribution >= 0.6 is 7.82 Å². The molecule has 0 aromatic rings. The maximum atomic E-state index is 12.8. The lowest BCUT2D eigenvalue weighted by atomic mass is 10.1. The molecule has 3 atom stereocenters. The van der Waals surface area contributed by atoms with Gasteiger partial charge in [0.25, 0.3) is 7.82 Å². The van der Waals surface area contributed by atoms with E-state index in [2.05, 4.69) is 116 Å². The third-order valence-corrected chi connectivity index (χ3v) is 8.67. The Bertz CT molecular complexity index is 1220. The van der Waals surface area contributed by atoms with Crippen LogP contribution in [0.1, 0.15) is 110 Å². The number of likely N-dealkylation sites (N-methyl/N-ethyl adjacent to an activating group) is 1. The van der Waals surface area contributed by atoms with Crippen LogP contribution in [0.25, 0.3) is 0 Å². The molecular formula is C44H73N2O6P. The zero-order valence-electron chi connectivity index (χ0n) is 33.7. The number of aliphatic hydroxyl groups excluding tert-OH is 1. The molecule has 0 aliphatic heterocycles. The van der Waals surface area contributed by atoms with Crippen molar-refractivity contribution in [3.63, 3.8) is 0 Å². The van der Waals surface area contributed by atoms with Gasteiger partial charge in [-0.05, 0) is 89.9 Å². The van der Waals surface area contributed by atoms with Gasteiger partial charge in [-0.2, -0.15) is 0 Å². The summed E-state index contributed by atoms with van der Waals surface area (Å²) in [5, 5.41) is 13.6. The highest BCUT2D eigenvalue weighted by Crippen LogP contribution is 2.38. The Kier molecular flexibility index (Phi) is 33.0. The zero-order valence-corrected chi connectivity index (χ0v) is 34.6. The van der Waals surface area contributed by atoms with Gasteiger partial charge >= 0.3 is 0 Å². The molecule has 0 aliphatic rings. The molecule has 2 N–H and O–H groups in total. The van der Waals surface area contributed by atoms with E-state index in [1.54, 1.807) is 6.08 Å². The van der Waals surface area contributed by atoms with Crippen LogP contribution in [0, 0.1) is 0 Å². The number of carbonyl (C=O) groups excluding carboxylic acids is 1. The summed E-state index contributed by atoms with van der Waals surface area (Å²) in [6, 6.07) is -0.938. The van der Waals surface area contributed by atoms with Crippen molar-refractivity contribution < 1.29 is 32.9 Å². The van der Waals surface area contributed by atoms with Crippen molar-refractivity contribution in [2.75, 3.05) is 40.9 Å². The number of phosphoric acid groups is 1. The summed E-state index contributed by atoms with van der Waals surface area (Å²) in [5.74, 6) is -0.263. The van der Waals surface area contributed by atoms with Crippen LogP contribution < -0.4 is 10.2 Å². The summed E-state index contributed by atoms with van der Waals surface area (Å²) in [6.45, 7) is 4.29. The largest absolute Gasteiger partial charge is 0.756 e. The van der Waals surface area contributed by atoms with Gasteiger partial charge < -0.3 is 28.8 Å². The first-order chi connectivity index (χ1) is 25.5. The van der Waals surface area contributed by atoms with Gasteiger partial charge in [0.2, 0.25) is 5.91 Å². The average Bonchev–Trinajstić information content (AvgIpc) is 3.10. The predicted molar refractivity (Wildman–Crippen MR) is 223 cm³/mol. The number of amides is 1. The minimum absolute atomic E-state index is 0.0249. The molecule has 0 spiro atoms. The van der Waals surface area contributed by atoms with Crippen molar-refractivity contribution in [2.45, 2.75) is 122 Å². The van der Waals surface area contributed by atoms with Crippen molar-refractivity contribution in [3.8, 4) is 0 Å². The lowest BCUT2D eigenvalue weighted by molar-refractivity contribution is -0.870. The van der Waals surface area contributed by atoms with Crippen LogP contribution in [0.4, 0.5) is 0 Å². The van der Waals surface area contributed by atoms with Crippen LogP contribution in [-0.4, -0.2) is 68.5 Å². The highest BCUT2D eigenvalue weighted by Gasteiger charge is 2.23. The third kappa shape index (κ3) is 37.3. The van der Waals surface area contributed by atoms with Crippen molar-refractivity contribution in [1.82, 2.24) is 5.32 Å². The van der Waals surface area contributed by atoms with E-state index in [1.165, 1.54) is 0 Å². The van der Waals surface area contributed by atoms with E-state index in [4.69, 9.17) is 9.05 Å². The summed E-state index contributed by atoms with van der Waals surface area (Å²) in [4.78, 5) is 25.2. The summed E-state index contributed by atoms with van der Waals surface area (Å²) < 4.78 is 23.0. The maximum Gasteiger partial charge on any atom is 0.268 e. The standard InChI is InChI=1S/C44H73N2O6P/c1-6-8-10-12-14-16-18-19-20-21-22-23-24-25-26-27-28-30-32-34-36-38-44(48)45-42(41-52-53(49,50)51-40-39-46(3,4)5)43(47)37-35-33-31-29-17-15-13-11-9-7-2/h8-11,14,16-17,19-20,22-23,25-26,28-30,35,37,42-43,47H,6-7,12-13,15,18,21,24,27,31-34,36,38-41H2,1-5H3,(H-,45,48,49,50)/b10-8-,11-9+,16-14-,20-19-,23-22-,26-25-,29-17+,30-28-,37-35+. The van der Waals surface area contributed by atoms with Crippen molar-refractivity contribution in [2.24, 2.45) is 0 Å². The molecule has 8 nitrogen and oxygen atoms in total. The SMILES string of the molecule is CC/C=C\C/C=C\C/C=C\C/C=C\C/C=C\C/C=C\CCCCC(=O)NC(COP(=O)([O-])OCC[N+](C)(C)C)C(O)/C=C/CC/C=C/CC/C=C/CC. The quantitative estimate of drug-likeness (QED) is 0.0299. The summed E-state index contributed by atoms with van der Waals surface area (Å²) >= 11 is 0. The Balaban J connectivity index is 4.58. The second kappa shape index (κ2) is 34.9. The molecule has 0 radical (unpaired) electrons. The van der Waals surface area contributed by atoms with Crippen LogP contribution in [0.3, 0.4) is 0 Å². The van der Waals surface area contributed by atoms with Gasteiger partial charge in [-0.3, -0.25) is 9.36 Å². The van der Waals surface area contributed by atoms with Crippen LogP contribution in [0.2, 0.25) is 0 Å². The number of nitrogens with zero attached hydrogens (tertiary/aromatic N) is 1. The fourth-order valence-corrected chi connectivity index (χ4v) is 5.33. The van der Waals surface area contributed by atoms with Crippen LogP contribution in [0.15, 0.2) is 109 Å². The normalized spacial score (nSPS) is 15.7.